The fourth-order valence-corrected chi connectivity index (χ4v) is 1.08. The van der Waals surface area contributed by atoms with Crippen molar-refractivity contribution in [1.82, 2.24) is 0 Å². The quantitative estimate of drug-likeness (QED) is 0.599. The average molecular weight is 183 g/mol. The fraction of sp³-hybridized carbons (Fsp3) is 1.00. The van der Waals surface area contributed by atoms with Gasteiger partial charge in [0.25, 0.3) is 0 Å². The van der Waals surface area contributed by atoms with E-state index in [4.69, 9.17) is 5.11 Å². The molecule has 0 bridgehead atoms. The Balaban J connectivity index is -0.000000163. The molecule has 0 spiro atoms. The van der Waals surface area contributed by atoms with Gasteiger partial charge in [-0.1, -0.05) is 19.3 Å². The van der Waals surface area contributed by atoms with Gasteiger partial charge in [0.1, 0.15) is 0 Å². The summed E-state index contributed by atoms with van der Waals surface area (Å²) in [6.45, 7) is 0. The van der Waals surface area contributed by atoms with Crippen LogP contribution in [-0.2, 0) is 29.5 Å². The average Bonchev–Trinajstić information content (AvgIpc) is 1.69. The molecule has 1 aliphatic carbocycles. The van der Waals surface area contributed by atoms with Gasteiger partial charge in [0, 0.05) is 0 Å². The van der Waals surface area contributed by atoms with Gasteiger partial charge >= 0.3 is 18.6 Å². The maximum atomic E-state index is 8.91. The van der Waals surface area contributed by atoms with E-state index >= 15 is 0 Å². The zero-order valence-electron chi connectivity index (χ0n) is 5.82. The number of aliphatic hydroxyl groups excluding tert-OH is 1. The summed E-state index contributed by atoms with van der Waals surface area (Å²) in [5.74, 6) is 0. The summed E-state index contributed by atoms with van der Waals surface area (Å²) < 4.78 is 0. The van der Waals surface area contributed by atoms with E-state index in [-0.39, 0.29) is 35.6 Å². The first-order valence-corrected chi connectivity index (χ1v) is 3.07. The summed E-state index contributed by atoms with van der Waals surface area (Å²) in [5, 5.41) is 8.91. The summed E-state index contributed by atoms with van der Waals surface area (Å²) in [5.41, 5.74) is 0. The molecule has 0 aromatic rings. The molecule has 10 heavy (non-hydrogen) atoms. The standard InChI is InChI=1S/C6H12O.2O.V/c7-6-4-2-1-3-5-6;;;/h6-7H,1-5H2;;;/q;2*-2;+4. The second kappa shape index (κ2) is 9.46. The van der Waals surface area contributed by atoms with Gasteiger partial charge in [0.2, 0.25) is 0 Å². The van der Waals surface area contributed by atoms with E-state index in [1.54, 1.807) is 0 Å². The van der Waals surface area contributed by atoms with Crippen LogP contribution in [0.15, 0.2) is 0 Å². The number of hydrogen-bond donors (Lipinski definition) is 1. The molecule has 1 rings (SSSR count). The van der Waals surface area contributed by atoms with Gasteiger partial charge in [-0.2, -0.15) is 0 Å². The molecule has 1 N–H and O–H groups in total. The van der Waals surface area contributed by atoms with Crippen LogP contribution in [0, 0.1) is 0 Å². The van der Waals surface area contributed by atoms with Crippen LogP contribution in [0.2, 0.25) is 0 Å². The van der Waals surface area contributed by atoms with Crippen molar-refractivity contribution in [2.45, 2.75) is 38.2 Å². The van der Waals surface area contributed by atoms with E-state index < -0.39 is 0 Å². The SMILES string of the molecule is OC1CCCCC1.[O-2].[O-2].[V+4]. The van der Waals surface area contributed by atoms with E-state index in [2.05, 4.69) is 0 Å². The molecule has 59 valence electrons. The van der Waals surface area contributed by atoms with E-state index in [0.717, 1.165) is 12.8 Å². The van der Waals surface area contributed by atoms with Crippen LogP contribution in [0.3, 0.4) is 0 Å². The molecule has 1 aliphatic rings. The molecule has 0 atom stereocenters. The molecule has 0 heterocycles. The van der Waals surface area contributed by atoms with E-state index in [1.165, 1.54) is 19.3 Å². The van der Waals surface area contributed by atoms with Gasteiger partial charge in [0.15, 0.2) is 0 Å². The van der Waals surface area contributed by atoms with E-state index in [1.807, 2.05) is 0 Å². The van der Waals surface area contributed by atoms with Crippen molar-refractivity contribution in [3.8, 4) is 0 Å². The summed E-state index contributed by atoms with van der Waals surface area (Å²) in [6.07, 6.45) is 5.92. The van der Waals surface area contributed by atoms with Gasteiger partial charge < -0.3 is 16.1 Å². The molecule has 4 heteroatoms. The maximum absolute atomic E-state index is 8.91. The minimum absolute atomic E-state index is 0. The van der Waals surface area contributed by atoms with Crippen molar-refractivity contribution in [3.05, 3.63) is 0 Å². The molecule has 0 aliphatic heterocycles. The van der Waals surface area contributed by atoms with E-state index in [9.17, 15) is 0 Å². The normalized spacial score (nSPS) is 17.7. The Morgan fingerprint density at radius 3 is 1.50 bits per heavy atom. The molecular weight excluding hydrogens is 171 g/mol. The maximum Gasteiger partial charge on any atom is 4.00 e. The predicted molar refractivity (Wildman–Crippen MR) is 30.5 cm³/mol. The first-order valence-electron chi connectivity index (χ1n) is 3.07. The topological polar surface area (TPSA) is 77.2 Å². The third-order valence-corrected chi connectivity index (χ3v) is 1.57. The van der Waals surface area contributed by atoms with Crippen LogP contribution in [-0.4, -0.2) is 11.2 Å². The van der Waals surface area contributed by atoms with Crippen molar-refractivity contribution >= 4 is 0 Å². The molecule has 0 saturated heterocycles. The predicted octanol–water partition coefficient (Wildman–Crippen LogP) is 1.07. The van der Waals surface area contributed by atoms with Crippen molar-refractivity contribution in [2.24, 2.45) is 0 Å². The van der Waals surface area contributed by atoms with E-state index in [0.29, 0.717) is 0 Å². The third-order valence-electron chi connectivity index (χ3n) is 1.57. The van der Waals surface area contributed by atoms with Crippen molar-refractivity contribution < 1.29 is 34.6 Å². The summed E-state index contributed by atoms with van der Waals surface area (Å²) in [4.78, 5) is 0. The van der Waals surface area contributed by atoms with Gasteiger partial charge in [0.05, 0.1) is 6.10 Å². The van der Waals surface area contributed by atoms with Crippen LogP contribution in [0.4, 0.5) is 0 Å². The molecule has 3 nitrogen and oxygen atoms in total. The van der Waals surface area contributed by atoms with Gasteiger partial charge in [-0.25, -0.2) is 0 Å². The fourth-order valence-electron chi connectivity index (χ4n) is 1.08. The molecule has 0 aromatic carbocycles. The number of aliphatic hydroxyl groups is 1. The van der Waals surface area contributed by atoms with Crippen molar-refractivity contribution in [3.63, 3.8) is 0 Å². The Labute approximate surface area is 73.3 Å². The Hall–Kier alpha value is 0.464. The molecule has 0 unspecified atom stereocenters. The minimum atomic E-state index is 0. The second-order valence-corrected chi connectivity index (χ2v) is 2.29. The molecule has 0 aromatic heterocycles. The molecule has 0 amide bonds. The first kappa shape index (κ1) is 16.8. The zero-order valence-corrected chi connectivity index (χ0v) is 7.22. The summed E-state index contributed by atoms with van der Waals surface area (Å²) in [6, 6.07) is 0. The summed E-state index contributed by atoms with van der Waals surface area (Å²) >= 11 is 0. The second-order valence-electron chi connectivity index (χ2n) is 2.29. The largest absolute Gasteiger partial charge is 4.00 e. The first-order chi connectivity index (χ1) is 3.39. The Kier molecular flexibility index (Phi) is 15.9. The molecule has 1 fully saturated rings. The molecular formula is C6H12O3V. The Morgan fingerprint density at radius 2 is 1.30 bits per heavy atom. The molecule has 1 saturated carbocycles. The Bertz CT molecular complexity index is 55.0. The van der Waals surface area contributed by atoms with Crippen LogP contribution in [0.5, 0.6) is 0 Å². The third kappa shape index (κ3) is 6.58. The van der Waals surface area contributed by atoms with Crippen LogP contribution < -0.4 is 0 Å². The minimum Gasteiger partial charge on any atom is -2.00 e. The monoisotopic (exact) mass is 183 g/mol. The van der Waals surface area contributed by atoms with Crippen LogP contribution in [0.1, 0.15) is 32.1 Å². The smallest absolute Gasteiger partial charge is 2.00 e. The van der Waals surface area contributed by atoms with Gasteiger partial charge in [-0.3, -0.25) is 0 Å². The van der Waals surface area contributed by atoms with Crippen molar-refractivity contribution in [1.29, 1.82) is 0 Å². The molecule has 1 radical (unpaired) electrons. The number of rotatable bonds is 0. The zero-order chi connectivity index (χ0) is 5.11. The van der Waals surface area contributed by atoms with Gasteiger partial charge in [-0.15, -0.1) is 0 Å². The van der Waals surface area contributed by atoms with Gasteiger partial charge in [-0.05, 0) is 12.8 Å². The summed E-state index contributed by atoms with van der Waals surface area (Å²) in [7, 11) is 0. The number of hydrogen-bond acceptors (Lipinski definition) is 1. The Morgan fingerprint density at radius 1 is 0.900 bits per heavy atom. The van der Waals surface area contributed by atoms with Crippen LogP contribution in [0.25, 0.3) is 0 Å². The van der Waals surface area contributed by atoms with Crippen molar-refractivity contribution in [2.75, 3.05) is 0 Å². The van der Waals surface area contributed by atoms with Crippen LogP contribution >= 0.6 is 0 Å².